The Morgan fingerprint density at radius 1 is 1.09 bits per heavy atom. The molecular weight excluding hydrogens is 434 g/mol. The molecule has 0 aliphatic carbocycles. The summed E-state index contributed by atoms with van der Waals surface area (Å²) < 4.78 is 7.58. The largest absolute Gasteiger partial charge is 0.379 e. The SMILES string of the molecule is N#Cc1cc2c([nH]c1=O)c1c(-c3ccc([N+](=O)[O-])cc3)cccc1n2CCCN1CCOCC1. The Labute approximate surface area is 194 Å². The number of morpholine rings is 1. The van der Waals surface area contributed by atoms with E-state index >= 15 is 0 Å². The van der Waals surface area contributed by atoms with Gasteiger partial charge in [-0.1, -0.05) is 12.1 Å². The zero-order chi connectivity index (χ0) is 23.7. The van der Waals surface area contributed by atoms with Crippen molar-refractivity contribution in [3.8, 4) is 17.2 Å². The molecule has 1 saturated heterocycles. The van der Waals surface area contributed by atoms with Gasteiger partial charge in [0.25, 0.3) is 11.2 Å². The number of hydrogen-bond donors (Lipinski definition) is 1. The minimum Gasteiger partial charge on any atom is -0.379 e. The Hall–Kier alpha value is -4.00. The highest BCUT2D eigenvalue weighted by Crippen LogP contribution is 2.36. The molecule has 34 heavy (non-hydrogen) atoms. The maximum Gasteiger partial charge on any atom is 0.269 e. The minimum atomic E-state index is -0.430. The Morgan fingerprint density at radius 2 is 1.85 bits per heavy atom. The van der Waals surface area contributed by atoms with E-state index in [1.54, 1.807) is 18.2 Å². The summed E-state index contributed by atoms with van der Waals surface area (Å²) in [7, 11) is 0. The van der Waals surface area contributed by atoms with E-state index in [1.807, 2.05) is 24.3 Å². The molecule has 0 radical (unpaired) electrons. The molecular formula is C25H23N5O4. The average molecular weight is 457 g/mol. The van der Waals surface area contributed by atoms with Gasteiger partial charge in [0.1, 0.15) is 11.6 Å². The molecule has 9 heteroatoms. The molecule has 172 valence electrons. The van der Waals surface area contributed by atoms with Gasteiger partial charge in [-0.15, -0.1) is 0 Å². The van der Waals surface area contributed by atoms with Gasteiger partial charge >= 0.3 is 0 Å². The number of nitro groups is 1. The first-order valence-electron chi connectivity index (χ1n) is 11.2. The average Bonchev–Trinajstić information content (AvgIpc) is 3.16. The molecule has 0 bridgehead atoms. The molecule has 2 aromatic heterocycles. The van der Waals surface area contributed by atoms with E-state index in [1.165, 1.54) is 12.1 Å². The molecule has 1 aliphatic heterocycles. The maximum atomic E-state index is 12.5. The number of nitrogens with zero attached hydrogens (tertiary/aromatic N) is 4. The number of pyridine rings is 1. The molecule has 2 aromatic carbocycles. The molecule has 3 heterocycles. The predicted molar refractivity (Wildman–Crippen MR) is 129 cm³/mol. The van der Waals surface area contributed by atoms with Crippen LogP contribution in [0.1, 0.15) is 12.0 Å². The lowest BCUT2D eigenvalue weighted by Crippen LogP contribution is -2.37. The molecule has 1 N–H and O–H groups in total. The third kappa shape index (κ3) is 3.94. The van der Waals surface area contributed by atoms with Crippen LogP contribution in [0.25, 0.3) is 33.1 Å². The first-order valence-corrected chi connectivity index (χ1v) is 11.2. The Morgan fingerprint density at radius 3 is 2.56 bits per heavy atom. The van der Waals surface area contributed by atoms with E-state index in [9.17, 15) is 20.2 Å². The predicted octanol–water partition coefficient (Wildman–Crippen LogP) is 3.65. The van der Waals surface area contributed by atoms with E-state index in [4.69, 9.17) is 4.74 Å². The van der Waals surface area contributed by atoms with Crippen molar-refractivity contribution in [3.63, 3.8) is 0 Å². The summed E-state index contributed by atoms with van der Waals surface area (Å²) in [5, 5.41) is 21.4. The van der Waals surface area contributed by atoms with Gasteiger partial charge in [-0.3, -0.25) is 19.8 Å². The van der Waals surface area contributed by atoms with Gasteiger partial charge in [0, 0.05) is 43.7 Å². The van der Waals surface area contributed by atoms with Crippen LogP contribution in [-0.2, 0) is 11.3 Å². The number of rotatable bonds is 6. The second-order valence-electron chi connectivity index (χ2n) is 8.35. The zero-order valence-electron chi connectivity index (χ0n) is 18.5. The first-order chi connectivity index (χ1) is 16.6. The molecule has 0 unspecified atom stereocenters. The number of hydrogen-bond acceptors (Lipinski definition) is 6. The fraction of sp³-hybridized carbons (Fsp3) is 0.280. The van der Waals surface area contributed by atoms with Crippen LogP contribution in [0, 0.1) is 21.4 Å². The molecule has 5 rings (SSSR count). The number of nitriles is 1. The van der Waals surface area contributed by atoms with Crippen LogP contribution in [0.4, 0.5) is 5.69 Å². The number of nitrogens with one attached hydrogen (secondary N) is 1. The first kappa shape index (κ1) is 21.8. The van der Waals surface area contributed by atoms with Gasteiger partial charge < -0.3 is 14.3 Å². The minimum absolute atomic E-state index is 0.0218. The summed E-state index contributed by atoms with van der Waals surface area (Å²) in [6, 6.07) is 15.9. The maximum absolute atomic E-state index is 12.5. The molecule has 0 atom stereocenters. The number of aryl methyl sites for hydroxylation is 1. The van der Waals surface area contributed by atoms with Crippen molar-refractivity contribution in [2.45, 2.75) is 13.0 Å². The quantitative estimate of drug-likeness (QED) is 0.349. The van der Waals surface area contributed by atoms with E-state index in [2.05, 4.69) is 14.5 Å². The van der Waals surface area contributed by atoms with Crippen molar-refractivity contribution in [1.29, 1.82) is 5.26 Å². The van der Waals surface area contributed by atoms with Crippen LogP contribution in [0.3, 0.4) is 0 Å². The number of non-ortho nitro benzene ring substituents is 1. The van der Waals surface area contributed by atoms with E-state index in [-0.39, 0.29) is 11.3 Å². The number of fused-ring (bicyclic) bond motifs is 3. The normalized spacial score (nSPS) is 14.4. The van der Waals surface area contributed by atoms with Crippen LogP contribution in [-0.4, -0.2) is 52.2 Å². The van der Waals surface area contributed by atoms with Gasteiger partial charge in [-0.25, -0.2) is 0 Å². The highest BCUT2D eigenvalue weighted by atomic mass is 16.6. The monoisotopic (exact) mass is 457 g/mol. The third-order valence-electron chi connectivity index (χ3n) is 6.36. The van der Waals surface area contributed by atoms with Crippen molar-refractivity contribution in [2.24, 2.45) is 0 Å². The Bertz CT molecular complexity index is 1470. The molecule has 4 aromatic rings. The summed E-state index contributed by atoms with van der Waals surface area (Å²) in [6.45, 7) is 4.99. The fourth-order valence-electron chi connectivity index (χ4n) is 4.68. The summed E-state index contributed by atoms with van der Waals surface area (Å²) in [4.78, 5) is 28.5. The number of aromatic amines is 1. The van der Waals surface area contributed by atoms with Crippen molar-refractivity contribution in [1.82, 2.24) is 14.5 Å². The van der Waals surface area contributed by atoms with Gasteiger partial charge in [0.05, 0.1) is 34.7 Å². The highest BCUT2D eigenvalue weighted by molar-refractivity contribution is 6.13. The number of ether oxygens (including phenoxy) is 1. The van der Waals surface area contributed by atoms with Crippen LogP contribution < -0.4 is 5.56 Å². The lowest BCUT2D eigenvalue weighted by molar-refractivity contribution is -0.384. The molecule has 0 spiro atoms. The third-order valence-corrected chi connectivity index (χ3v) is 6.36. The Kier molecular flexibility index (Phi) is 5.84. The summed E-state index contributed by atoms with van der Waals surface area (Å²) in [5.41, 5.74) is 3.75. The van der Waals surface area contributed by atoms with Crippen molar-refractivity contribution in [3.05, 3.63) is 74.6 Å². The van der Waals surface area contributed by atoms with E-state index in [0.717, 1.165) is 73.4 Å². The van der Waals surface area contributed by atoms with E-state index in [0.29, 0.717) is 5.52 Å². The number of aromatic nitrogens is 2. The standard InChI is InChI=1S/C25H23N5O4/c26-16-18-15-22-24(27-25(18)31)23-20(17-5-7-19(8-6-17)30(32)33)3-1-4-21(23)29(22)10-2-9-28-11-13-34-14-12-28/h1,3-8,15H,2,9-14H2,(H,27,31). The lowest BCUT2D eigenvalue weighted by atomic mass is 10.0. The molecule has 0 amide bonds. The van der Waals surface area contributed by atoms with Crippen LogP contribution in [0.5, 0.6) is 0 Å². The van der Waals surface area contributed by atoms with Crippen LogP contribution in [0.15, 0.2) is 53.3 Å². The molecule has 1 fully saturated rings. The van der Waals surface area contributed by atoms with Crippen LogP contribution in [0.2, 0.25) is 0 Å². The van der Waals surface area contributed by atoms with Gasteiger partial charge in [-0.2, -0.15) is 5.26 Å². The van der Waals surface area contributed by atoms with Crippen molar-refractivity contribution < 1.29 is 9.66 Å². The van der Waals surface area contributed by atoms with Crippen molar-refractivity contribution >= 4 is 27.6 Å². The van der Waals surface area contributed by atoms with Gasteiger partial charge in [0.2, 0.25) is 0 Å². The Balaban J connectivity index is 1.63. The lowest BCUT2D eigenvalue weighted by Gasteiger charge is -2.26. The topological polar surface area (TPSA) is 117 Å². The van der Waals surface area contributed by atoms with Gasteiger partial charge in [-0.05, 0) is 41.8 Å². The second kappa shape index (κ2) is 9.09. The number of benzene rings is 2. The summed E-state index contributed by atoms with van der Waals surface area (Å²) in [6.07, 6.45) is 0.904. The number of H-pyrrole nitrogens is 1. The second-order valence-corrected chi connectivity index (χ2v) is 8.35. The smallest absolute Gasteiger partial charge is 0.269 e. The van der Waals surface area contributed by atoms with E-state index < -0.39 is 10.5 Å². The molecule has 9 nitrogen and oxygen atoms in total. The molecule has 1 aliphatic rings. The van der Waals surface area contributed by atoms with Gasteiger partial charge in [0.15, 0.2) is 0 Å². The van der Waals surface area contributed by atoms with Crippen LogP contribution >= 0.6 is 0 Å². The summed E-state index contributed by atoms with van der Waals surface area (Å²) >= 11 is 0. The fourth-order valence-corrected chi connectivity index (χ4v) is 4.68. The molecule has 0 saturated carbocycles. The highest BCUT2D eigenvalue weighted by Gasteiger charge is 2.18. The number of nitro benzene ring substituents is 1. The zero-order valence-corrected chi connectivity index (χ0v) is 18.5. The van der Waals surface area contributed by atoms with Crippen molar-refractivity contribution in [2.75, 3.05) is 32.8 Å². The summed E-state index contributed by atoms with van der Waals surface area (Å²) in [5.74, 6) is 0.